The lowest BCUT2D eigenvalue weighted by Crippen LogP contribution is -2.25. The molecule has 5 heteroatoms. The Kier molecular flexibility index (Phi) is 7.29. The highest BCUT2D eigenvalue weighted by atomic mass is 16.5. The number of ether oxygens (including phenoxy) is 3. The number of nitrogens with one attached hydrogen (secondary N) is 1. The lowest BCUT2D eigenvalue weighted by atomic mass is 10.1. The van der Waals surface area contributed by atoms with Gasteiger partial charge < -0.3 is 19.5 Å². The molecule has 2 rings (SSSR count). The summed E-state index contributed by atoms with van der Waals surface area (Å²) in [5.41, 5.74) is 2.62. The summed E-state index contributed by atoms with van der Waals surface area (Å²) in [6.45, 7) is 3.54. The molecule has 2 aromatic rings. The quantitative estimate of drug-likeness (QED) is 0.759. The predicted octanol–water partition coefficient (Wildman–Crippen LogP) is 3.21. The molecular weight excluding hydrogens is 318 g/mol. The van der Waals surface area contributed by atoms with E-state index in [4.69, 9.17) is 14.2 Å². The third kappa shape index (κ3) is 5.50. The van der Waals surface area contributed by atoms with Crippen molar-refractivity contribution in [2.24, 2.45) is 0 Å². The Morgan fingerprint density at radius 1 is 1.04 bits per heavy atom. The molecule has 2 aromatic carbocycles. The van der Waals surface area contributed by atoms with Crippen molar-refractivity contribution in [1.82, 2.24) is 5.32 Å². The van der Waals surface area contributed by atoms with Crippen molar-refractivity contribution in [3.63, 3.8) is 0 Å². The zero-order valence-corrected chi connectivity index (χ0v) is 15.0. The SMILES string of the molecule is CCOCc1cc(C(=O)NCCc2ccc(OC)cc2)ccc1OC. The first-order valence-electron chi connectivity index (χ1n) is 8.33. The molecule has 0 bridgehead atoms. The van der Waals surface area contributed by atoms with Gasteiger partial charge in [0, 0.05) is 24.3 Å². The molecule has 0 spiro atoms. The molecule has 25 heavy (non-hydrogen) atoms. The highest BCUT2D eigenvalue weighted by Crippen LogP contribution is 2.21. The monoisotopic (exact) mass is 343 g/mol. The number of hydrogen-bond acceptors (Lipinski definition) is 4. The van der Waals surface area contributed by atoms with Gasteiger partial charge in [0.2, 0.25) is 0 Å². The van der Waals surface area contributed by atoms with Crippen LogP contribution in [0.1, 0.15) is 28.4 Å². The summed E-state index contributed by atoms with van der Waals surface area (Å²) in [4.78, 5) is 12.3. The Hall–Kier alpha value is -2.53. The molecule has 0 saturated carbocycles. The van der Waals surface area contributed by atoms with Gasteiger partial charge >= 0.3 is 0 Å². The molecule has 0 aliphatic carbocycles. The van der Waals surface area contributed by atoms with Crippen molar-refractivity contribution in [3.8, 4) is 11.5 Å². The first-order chi connectivity index (χ1) is 12.2. The molecule has 0 unspecified atom stereocenters. The Morgan fingerprint density at radius 3 is 2.44 bits per heavy atom. The lowest BCUT2D eigenvalue weighted by molar-refractivity contribution is 0.0953. The number of methoxy groups -OCH3 is 2. The molecule has 0 aliphatic rings. The highest BCUT2D eigenvalue weighted by molar-refractivity contribution is 5.94. The minimum atomic E-state index is -0.103. The number of rotatable bonds is 9. The van der Waals surface area contributed by atoms with Gasteiger partial charge in [-0.05, 0) is 49.2 Å². The molecular formula is C20H25NO4. The van der Waals surface area contributed by atoms with Gasteiger partial charge in [0.25, 0.3) is 5.91 Å². The zero-order valence-electron chi connectivity index (χ0n) is 15.0. The van der Waals surface area contributed by atoms with Crippen LogP contribution in [0.4, 0.5) is 0 Å². The van der Waals surface area contributed by atoms with Crippen LogP contribution in [0.5, 0.6) is 11.5 Å². The predicted molar refractivity (Wildman–Crippen MR) is 97.4 cm³/mol. The molecule has 1 amide bonds. The highest BCUT2D eigenvalue weighted by Gasteiger charge is 2.10. The topological polar surface area (TPSA) is 56.8 Å². The van der Waals surface area contributed by atoms with Crippen molar-refractivity contribution < 1.29 is 19.0 Å². The van der Waals surface area contributed by atoms with Gasteiger partial charge in [-0.1, -0.05) is 12.1 Å². The summed E-state index contributed by atoms with van der Waals surface area (Å²) in [5.74, 6) is 1.45. The Labute approximate surface area is 148 Å². The smallest absolute Gasteiger partial charge is 0.251 e. The maximum Gasteiger partial charge on any atom is 0.251 e. The molecule has 134 valence electrons. The third-order valence-corrected chi connectivity index (χ3v) is 3.86. The maximum atomic E-state index is 12.3. The van der Waals surface area contributed by atoms with Crippen molar-refractivity contribution in [2.45, 2.75) is 20.0 Å². The fourth-order valence-corrected chi connectivity index (χ4v) is 2.46. The van der Waals surface area contributed by atoms with E-state index in [1.54, 1.807) is 26.4 Å². The summed E-state index contributed by atoms with van der Waals surface area (Å²) < 4.78 is 15.9. The van der Waals surface area contributed by atoms with Crippen LogP contribution in [-0.2, 0) is 17.8 Å². The normalized spacial score (nSPS) is 10.4. The van der Waals surface area contributed by atoms with Crippen molar-refractivity contribution in [1.29, 1.82) is 0 Å². The van der Waals surface area contributed by atoms with E-state index in [0.717, 1.165) is 29.0 Å². The molecule has 0 saturated heterocycles. The van der Waals surface area contributed by atoms with E-state index < -0.39 is 0 Å². The number of carbonyl (C=O) groups is 1. The van der Waals surface area contributed by atoms with Crippen LogP contribution >= 0.6 is 0 Å². The fraction of sp³-hybridized carbons (Fsp3) is 0.350. The molecule has 0 aliphatic heterocycles. The van der Waals surface area contributed by atoms with Crippen LogP contribution in [0.15, 0.2) is 42.5 Å². The minimum Gasteiger partial charge on any atom is -0.497 e. The first-order valence-corrected chi connectivity index (χ1v) is 8.33. The van der Waals surface area contributed by atoms with Crippen LogP contribution in [0.3, 0.4) is 0 Å². The lowest BCUT2D eigenvalue weighted by Gasteiger charge is -2.11. The fourth-order valence-electron chi connectivity index (χ4n) is 2.46. The summed E-state index contributed by atoms with van der Waals surface area (Å²) in [7, 11) is 3.25. The van der Waals surface area contributed by atoms with E-state index in [1.807, 2.05) is 37.3 Å². The summed E-state index contributed by atoms with van der Waals surface area (Å²) in [6, 6.07) is 13.2. The second-order valence-corrected chi connectivity index (χ2v) is 5.52. The second-order valence-electron chi connectivity index (χ2n) is 5.52. The van der Waals surface area contributed by atoms with Crippen molar-refractivity contribution in [2.75, 3.05) is 27.4 Å². The van der Waals surface area contributed by atoms with Crippen molar-refractivity contribution >= 4 is 5.91 Å². The van der Waals surface area contributed by atoms with E-state index in [1.165, 1.54) is 0 Å². The van der Waals surface area contributed by atoms with Crippen LogP contribution in [0.2, 0.25) is 0 Å². The summed E-state index contributed by atoms with van der Waals surface area (Å²) in [5, 5.41) is 2.95. The van der Waals surface area contributed by atoms with Gasteiger partial charge in [-0.2, -0.15) is 0 Å². The minimum absolute atomic E-state index is 0.103. The van der Waals surface area contributed by atoms with Gasteiger partial charge in [0.15, 0.2) is 0 Å². The van der Waals surface area contributed by atoms with E-state index in [9.17, 15) is 4.79 Å². The van der Waals surface area contributed by atoms with Crippen LogP contribution in [-0.4, -0.2) is 33.3 Å². The van der Waals surface area contributed by atoms with Gasteiger partial charge in [-0.15, -0.1) is 0 Å². The van der Waals surface area contributed by atoms with E-state index in [2.05, 4.69) is 5.32 Å². The Morgan fingerprint density at radius 2 is 1.80 bits per heavy atom. The third-order valence-electron chi connectivity index (χ3n) is 3.86. The zero-order chi connectivity index (χ0) is 18.1. The average molecular weight is 343 g/mol. The van der Waals surface area contributed by atoms with Gasteiger partial charge in [-0.25, -0.2) is 0 Å². The number of hydrogen-bond donors (Lipinski definition) is 1. The van der Waals surface area contributed by atoms with Gasteiger partial charge in [-0.3, -0.25) is 4.79 Å². The van der Waals surface area contributed by atoms with Gasteiger partial charge in [0.05, 0.1) is 20.8 Å². The molecule has 0 fully saturated rings. The molecule has 0 atom stereocenters. The number of benzene rings is 2. The Balaban J connectivity index is 1.93. The molecule has 5 nitrogen and oxygen atoms in total. The summed E-state index contributed by atoms with van der Waals surface area (Å²) in [6.07, 6.45) is 0.762. The number of carbonyl (C=O) groups excluding carboxylic acids is 1. The largest absolute Gasteiger partial charge is 0.497 e. The molecule has 1 N–H and O–H groups in total. The van der Waals surface area contributed by atoms with E-state index in [0.29, 0.717) is 25.3 Å². The van der Waals surface area contributed by atoms with Crippen LogP contribution < -0.4 is 14.8 Å². The summed E-state index contributed by atoms with van der Waals surface area (Å²) >= 11 is 0. The van der Waals surface area contributed by atoms with Gasteiger partial charge in [0.1, 0.15) is 11.5 Å². The van der Waals surface area contributed by atoms with Crippen molar-refractivity contribution in [3.05, 3.63) is 59.2 Å². The molecule has 0 aromatic heterocycles. The molecule has 0 radical (unpaired) electrons. The van der Waals surface area contributed by atoms with E-state index >= 15 is 0 Å². The maximum absolute atomic E-state index is 12.3. The van der Waals surface area contributed by atoms with E-state index in [-0.39, 0.29) is 5.91 Å². The average Bonchev–Trinajstić information content (AvgIpc) is 2.66. The number of amides is 1. The Bertz CT molecular complexity index is 683. The first kappa shape index (κ1) is 18.8. The second kappa shape index (κ2) is 9.69. The van der Waals surface area contributed by atoms with Crippen LogP contribution in [0, 0.1) is 0 Å². The standard InChI is InChI=1S/C20H25NO4/c1-4-25-14-17-13-16(7-10-19(17)24-3)20(22)21-12-11-15-5-8-18(23-2)9-6-15/h5-10,13H,4,11-12,14H2,1-3H3,(H,21,22). The van der Waals surface area contributed by atoms with Crippen LogP contribution in [0.25, 0.3) is 0 Å². The molecule has 0 heterocycles.